The van der Waals surface area contributed by atoms with Crippen LogP contribution >= 0.6 is 0 Å². The summed E-state index contributed by atoms with van der Waals surface area (Å²) in [5, 5.41) is 0. The van der Waals surface area contributed by atoms with Gasteiger partial charge in [0.2, 0.25) is 0 Å². The molecule has 13 heteroatoms. The third-order valence-corrected chi connectivity index (χ3v) is 1.81. The molecule has 0 spiro atoms. The van der Waals surface area contributed by atoms with Crippen molar-refractivity contribution in [3.8, 4) is 0 Å². The van der Waals surface area contributed by atoms with E-state index in [2.05, 4.69) is 0 Å². The zero-order chi connectivity index (χ0) is 15.4. The van der Waals surface area contributed by atoms with Crippen molar-refractivity contribution in [2.45, 2.75) is 18.5 Å². The van der Waals surface area contributed by atoms with Gasteiger partial charge in [-0.3, -0.25) is 0 Å². The number of nitrogens with zero attached hydrogens (tertiary/aromatic N) is 2. The summed E-state index contributed by atoms with van der Waals surface area (Å²) in [5.41, 5.74) is 0. The average molecular weight is 309 g/mol. The van der Waals surface area contributed by atoms with E-state index in [-0.39, 0.29) is 0 Å². The third kappa shape index (κ3) is 2.20. The lowest BCUT2D eigenvalue weighted by atomic mass is 10.5. The molecule has 0 aliphatic heterocycles. The molecule has 0 unspecified atom stereocenters. The van der Waals surface area contributed by atoms with Crippen molar-refractivity contribution in [1.29, 1.82) is 0 Å². The lowest BCUT2D eigenvalue weighted by Crippen LogP contribution is -2.62. The molecule has 0 saturated carbocycles. The van der Waals surface area contributed by atoms with Crippen LogP contribution in [0.25, 0.3) is 0 Å². The van der Waals surface area contributed by atoms with Crippen LogP contribution in [-0.2, 0) is 12.3 Å². The van der Waals surface area contributed by atoms with Crippen LogP contribution in [0.2, 0.25) is 0 Å². The molecule has 110 valence electrons. The molecule has 1 rings (SSSR count). The molecule has 0 aromatic carbocycles. The lowest BCUT2D eigenvalue weighted by molar-refractivity contribution is -0.886. The van der Waals surface area contributed by atoms with Crippen LogP contribution in [0.4, 0.5) is 48.3 Å². The number of alkyl halides is 8. The highest BCUT2D eigenvalue weighted by Gasteiger charge is 2.69. The smallest absolute Gasteiger partial charge is 0.161 e. The Bertz CT molecular complexity index is 493. The van der Waals surface area contributed by atoms with Crippen molar-refractivity contribution in [2.75, 3.05) is 0 Å². The number of halogens is 11. The second kappa shape index (κ2) is 3.96. The fourth-order valence-electron chi connectivity index (χ4n) is 1.03. The Morgan fingerprint density at radius 3 is 1.47 bits per heavy atom. The summed E-state index contributed by atoms with van der Waals surface area (Å²) < 4.78 is 130. The summed E-state index contributed by atoms with van der Waals surface area (Å²) in [6, 6.07) is -6.40. The molecule has 1 heterocycles. The Labute approximate surface area is 95.2 Å². The number of hydrogen-bond donors (Lipinski definition) is 0. The standard InChI is InChI=1S/C6F11N2/c7-1-2(8)19(6(15,16)17)3(9)18(1)5(13,14)4(10,11)12/q+1. The molecule has 0 aliphatic carbocycles. The first-order valence-electron chi connectivity index (χ1n) is 3.92. The van der Waals surface area contributed by atoms with Crippen LogP contribution in [0.3, 0.4) is 0 Å². The van der Waals surface area contributed by atoms with Crippen molar-refractivity contribution in [3.63, 3.8) is 0 Å². The van der Waals surface area contributed by atoms with Crippen LogP contribution in [0, 0.1) is 18.0 Å². The minimum Gasteiger partial charge on any atom is -0.161 e. The van der Waals surface area contributed by atoms with Gasteiger partial charge in [-0.05, 0) is 0 Å². The van der Waals surface area contributed by atoms with Crippen molar-refractivity contribution in [2.24, 2.45) is 0 Å². The monoisotopic (exact) mass is 309 g/mol. The molecule has 0 amide bonds. The number of imidazole rings is 1. The van der Waals surface area contributed by atoms with Gasteiger partial charge in [0, 0.05) is 0 Å². The van der Waals surface area contributed by atoms with Gasteiger partial charge in [0.25, 0.3) is 0 Å². The summed E-state index contributed by atoms with van der Waals surface area (Å²) in [5.74, 6) is -6.62. The number of hydrogen-bond acceptors (Lipinski definition) is 0. The van der Waals surface area contributed by atoms with E-state index in [4.69, 9.17) is 0 Å². The highest BCUT2D eigenvalue weighted by molar-refractivity contribution is 4.82. The van der Waals surface area contributed by atoms with Gasteiger partial charge < -0.3 is 0 Å². The Morgan fingerprint density at radius 2 is 1.21 bits per heavy atom. The summed E-state index contributed by atoms with van der Waals surface area (Å²) in [4.78, 5) is 0. The Morgan fingerprint density at radius 1 is 0.789 bits per heavy atom. The van der Waals surface area contributed by atoms with Crippen LogP contribution in [0.1, 0.15) is 0 Å². The molecule has 0 aliphatic rings. The third-order valence-electron chi connectivity index (χ3n) is 1.81. The summed E-state index contributed by atoms with van der Waals surface area (Å²) in [6.07, 6.45) is -16.2. The largest absolute Gasteiger partial charge is 0.572 e. The minimum atomic E-state index is -6.64. The van der Waals surface area contributed by atoms with E-state index in [0.717, 1.165) is 0 Å². The van der Waals surface area contributed by atoms with Crippen molar-refractivity contribution in [3.05, 3.63) is 18.0 Å². The zero-order valence-electron chi connectivity index (χ0n) is 8.05. The Hall–Kier alpha value is -1.56. The Kier molecular flexibility index (Phi) is 3.23. The molecule has 0 atom stereocenters. The van der Waals surface area contributed by atoms with E-state index >= 15 is 0 Å². The average Bonchev–Trinajstić information content (AvgIpc) is 2.34. The molecular weight excluding hydrogens is 309 g/mol. The Balaban J connectivity index is 3.66. The fraction of sp³-hybridized carbons (Fsp3) is 0.500. The lowest BCUT2D eigenvalue weighted by Gasteiger charge is -2.15. The van der Waals surface area contributed by atoms with Crippen molar-refractivity contribution >= 4 is 0 Å². The van der Waals surface area contributed by atoms with Crippen LogP contribution in [-0.4, -0.2) is 10.7 Å². The van der Waals surface area contributed by atoms with Gasteiger partial charge in [-0.2, -0.15) is 30.7 Å². The van der Waals surface area contributed by atoms with Crippen LogP contribution in [0.15, 0.2) is 0 Å². The maximum atomic E-state index is 12.8. The topological polar surface area (TPSA) is 8.81 Å². The van der Waals surface area contributed by atoms with E-state index < -0.39 is 45.6 Å². The van der Waals surface area contributed by atoms with E-state index in [1.54, 1.807) is 0 Å². The highest BCUT2D eigenvalue weighted by atomic mass is 19.4. The maximum Gasteiger partial charge on any atom is 0.572 e. The predicted octanol–water partition coefficient (Wildman–Crippen LogP) is 2.78. The summed E-state index contributed by atoms with van der Waals surface area (Å²) in [6.45, 7) is 0. The molecule has 0 fully saturated rings. The molecule has 1 aromatic rings. The van der Waals surface area contributed by atoms with Gasteiger partial charge in [-0.25, -0.2) is 0 Å². The second-order valence-corrected chi connectivity index (χ2v) is 3.03. The molecular formula is C6F11N2+. The molecule has 0 radical (unpaired) electrons. The van der Waals surface area contributed by atoms with Gasteiger partial charge in [0.1, 0.15) is 0 Å². The van der Waals surface area contributed by atoms with Gasteiger partial charge in [-0.15, -0.1) is 17.6 Å². The molecule has 0 bridgehead atoms. The molecule has 0 N–H and O–H groups in total. The predicted molar refractivity (Wildman–Crippen MR) is 32.0 cm³/mol. The van der Waals surface area contributed by atoms with Gasteiger partial charge in [0.15, 0.2) is 0 Å². The van der Waals surface area contributed by atoms with E-state index in [1.807, 2.05) is 0 Å². The van der Waals surface area contributed by atoms with Gasteiger partial charge in [0.05, 0.1) is 0 Å². The number of aromatic nitrogens is 2. The fourth-order valence-corrected chi connectivity index (χ4v) is 1.03. The summed E-state index contributed by atoms with van der Waals surface area (Å²) in [7, 11) is 0. The first-order chi connectivity index (χ1) is 8.23. The first-order valence-corrected chi connectivity index (χ1v) is 3.92. The van der Waals surface area contributed by atoms with E-state index in [0.29, 0.717) is 0 Å². The van der Waals surface area contributed by atoms with Crippen molar-refractivity contribution in [1.82, 2.24) is 4.57 Å². The van der Waals surface area contributed by atoms with Crippen LogP contribution < -0.4 is 4.57 Å². The van der Waals surface area contributed by atoms with E-state index in [9.17, 15) is 48.3 Å². The molecule has 1 aromatic heterocycles. The quantitative estimate of drug-likeness (QED) is 0.557. The minimum absolute atomic E-state index is 2.22. The second-order valence-electron chi connectivity index (χ2n) is 3.03. The maximum absolute atomic E-state index is 12.8. The van der Waals surface area contributed by atoms with Crippen LogP contribution in [0.5, 0.6) is 0 Å². The highest BCUT2D eigenvalue weighted by Crippen LogP contribution is 2.37. The summed E-state index contributed by atoms with van der Waals surface area (Å²) >= 11 is 0. The first kappa shape index (κ1) is 15.5. The van der Waals surface area contributed by atoms with Crippen molar-refractivity contribution < 1.29 is 52.9 Å². The van der Waals surface area contributed by atoms with Gasteiger partial charge in [-0.1, -0.05) is 9.13 Å². The normalized spacial score (nSPS) is 14.1. The molecule has 0 saturated heterocycles. The number of rotatable bonds is 1. The SMILES string of the molecule is Fc1c(F)[n+](C(F)(F)C(F)(F)F)c(F)n1C(F)(F)F. The van der Waals surface area contributed by atoms with Gasteiger partial charge >= 0.3 is 36.5 Å². The molecule has 19 heavy (non-hydrogen) atoms. The molecule has 2 nitrogen and oxygen atoms in total. The zero-order valence-corrected chi connectivity index (χ0v) is 8.05. The van der Waals surface area contributed by atoms with E-state index in [1.165, 1.54) is 0 Å².